The van der Waals surface area contributed by atoms with Crippen LogP contribution in [0, 0.1) is 52.3 Å². The van der Waals surface area contributed by atoms with Gasteiger partial charge in [0.15, 0.2) is 5.78 Å². The zero-order chi connectivity index (χ0) is 23.4. The number of aliphatic hydroxyl groups is 2. The highest BCUT2D eigenvalue weighted by Crippen LogP contribution is 2.68. The summed E-state index contributed by atoms with van der Waals surface area (Å²) in [5, 5.41) is 21.6. The number of Topliss-reactive ketones (excluding diaryl/α,β-unsaturated/α-hetero) is 1. The van der Waals surface area contributed by atoms with Crippen LogP contribution in [-0.4, -0.2) is 28.2 Å². The van der Waals surface area contributed by atoms with Crippen molar-refractivity contribution in [1.29, 1.82) is 0 Å². The van der Waals surface area contributed by atoms with E-state index in [2.05, 4.69) is 25.7 Å². The van der Waals surface area contributed by atoms with Crippen LogP contribution in [0.25, 0.3) is 0 Å². The minimum Gasteiger partial charge on any atom is -0.389 e. The maximum atomic E-state index is 12.5. The van der Waals surface area contributed by atoms with Gasteiger partial charge in [0.1, 0.15) is 12.2 Å². The number of carbonyl (C=O) groups excluding carboxylic acids is 1. The molecule has 8 atom stereocenters. The van der Waals surface area contributed by atoms with Crippen molar-refractivity contribution < 1.29 is 15.0 Å². The van der Waals surface area contributed by atoms with E-state index < -0.39 is 5.60 Å². The number of rotatable bonds is 2. The van der Waals surface area contributed by atoms with E-state index in [0.717, 1.165) is 50.5 Å². The first-order valence-electron chi connectivity index (χ1n) is 12.8. The highest BCUT2D eigenvalue weighted by molar-refractivity contribution is 6.30. The van der Waals surface area contributed by atoms with E-state index in [1.807, 2.05) is 24.3 Å². The van der Waals surface area contributed by atoms with Gasteiger partial charge in [-0.3, -0.25) is 4.79 Å². The molecule has 5 rings (SSSR count). The van der Waals surface area contributed by atoms with Crippen LogP contribution in [0.3, 0.4) is 0 Å². The molecule has 178 valence electrons. The molecule has 4 saturated carbocycles. The Morgan fingerprint density at radius 3 is 2.45 bits per heavy atom. The number of fused-ring (bicyclic) bond motifs is 5. The normalized spacial score (nSPS) is 44.1. The smallest absolute Gasteiger partial charge is 0.161 e. The molecule has 4 aliphatic carbocycles. The van der Waals surface area contributed by atoms with Crippen molar-refractivity contribution >= 4 is 17.4 Å². The number of halogens is 1. The van der Waals surface area contributed by atoms with E-state index >= 15 is 0 Å². The van der Waals surface area contributed by atoms with Crippen molar-refractivity contribution in [3.63, 3.8) is 0 Å². The third kappa shape index (κ3) is 3.87. The monoisotopic (exact) mass is 468 g/mol. The van der Waals surface area contributed by atoms with E-state index in [1.54, 1.807) is 0 Å². The highest BCUT2D eigenvalue weighted by atomic mass is 35.5. The van der Waals surface area contributed by atoms with Crippen molar-refractivity contribution in [2.24, 2.45) is 40.4 Å². The molecule has 0 spiro atoms. The predicted molar refractivity (Wildman–Crippen MR) is 131 cm³/mol. The molecule has 0 unspecified atom stereocenters. The zero-order valence-electron chi connectivity index (χ0n) is 19.9. The van der Waals surface area contributed by atoms with Crippen molar-refractivity contribution in [2.75, 3.05) is 6.61 Å². The highest BCUT2D eigenvalue weighted by Gasteiger charge is 2.61. The van der Waals surface area contributed by atoms with Crippen molar-refractivity contribution in [1.82, 2.24) is 0 Å². The third-order valence-corrected chi connectivity index (χ3v) is 10.8. The molecule has 1 aromatic rings. The summed E-state index contributed by atoms with van der Waals surface area (Å²) in [5.41, 5.74) is 0.289. The molecule has 4 fully saturated rings. The molecule has 3 nitrogen and oxygen atoms in total. The molecule has 0 saturated heterocycles. The van der Waals surface area contributed by atoms with Gasteiger partial charge in [-0.25, -0.2) is 0 Å². The zero-order valence-corrected chi connectivity index (χ0v) is 20.7. The number of carbonyl (C=O) groups is 1. The summed E-state index contributed by atoms with van der Waals surface area (Å²) < 4.78 is 0. The molecular formula is C29H37ClO3. The molecule has 0 radical (unpaired) electrons. The summed E-state index contributed by atoms with van der Waals surface area (Å²) in [4.78, 5) is 12.5. The van der Waals surface area contributed by atoms with E-state index in [-0.39, 0.29) is 29.1 Å². The van der Waals surface area contributed by atoms with Gasteiger partial charge in [-0.1, -0.05) is 37.3 Å². The average Bonchev–Trinajstić information content (AvgIpc) is 3.16. The van der Waals surface area contributed by atoms with Gasteiger partial charge in [0.2, 0.25) is 0 Å². The predicted octanol–water partition coefficient (Wildman–Crippen LogP) is 5.64. The Morgan fingerprint density at radius 2 is 1.73 bits per heavy atom. The molecule has 2 N–H and O–H groups in total. The van der Waals surface area contributed by atoms with Gasteiger partial charge >= 0.3 is 0 Å². The van der Waals surface area contributed by atoms with Crippen LogP contribution in [0.15, 0.2) is 24.3 Å². The fraction of sp³-hybridized carbons (Fsp3) is 0.690. The van der Waals surface area contributed by atoms with Crippen LogP contribution in [0.4, 0.5) is 0 Å². The topological polar surface area (TPSA) is 57.5 Å². The molecule has 0 aromatic heterocycles. The Morgan fingerprint density at radius 1 is 1.00 bits per heavy atom. The Bertz CT molecular complexity index is 977. The molecular weight excluding hydrogens is 432 g/mol. The molecule has 0 aliphatic heterocycles. The minimum absolute atomic E-state index is 0.0403. The number of hydrogen-bond acceptors (Lipinski definition) is 3. The summed E-state index contributed by atoms with van der Waals surface area (Å²) in [6.45, 7) is 4.50. The van der Waals surface area contributed by atoms with Crippen LogP contribution in [0.5, 0.6) is 0 Å². The van der Waals surface area contributed by atoms with Crippen LogP contribution in [0.1, 0.15) is 77.2 Å². The second-order valence-electron chi connectivity index (χ2n) is 11.9. The Hall–Kier alpha value is -1.34. The second kappa shape index (κ2) is 8.40. The number of ketones is 1. The van der Waals surface area contributed by atoms with Gasteiger partial charge in [-0.15, -0.1) is 0 Å². The van der Waals surface area contributed by atoms with Crippen LogP contribution in [0.2, 0.25) is 5.02 Å². The minimum atomic E-state index is -0.911. The molecule has 1 aromatic carbocycles. The summed E-state index contributed by atoms with van der Waals surface area (Å²) >= 11 is 5.98. The van der Waals surface area contributed by atoms with Crippen molar-refractivity contribution in [3.05, 3.63) is 34.9 Å². The Balaban J connectivity index is 1.33. The molecule has 0 bridgehead atoms. The maximum absolute atomic E-state index is 12.5. The van der Waals surface area contributed by atoms with E-state index in [1.165, 1.54) is 12.8 Å². The fourth-order valence-electron chi connectivity index (χ4n) is 8.72. The summed E-state index contributed by atoms with van der Waals surface area (Å²) in [5.74, 6) is 8.95. The van der Waals surface area contributed by atoms with Gasteiger partial charge in [0, 0.05) is 16.5 Å². The van der Waals surface area contributed by atoms with Crippen LogP contribution < -0.4 is 0 Å². The SMILES string of the molecule is C[C@]12CC[C@](O)(C#Cc3ccc(Cl)cc3)C[C@H]1CC[C@@H]1[C@@H]2CC[C@]2(C)[C@@H](C(=O)CO)CC[C@@H]12. The first-order chi connectivity index (χ1) is 15.7. The van der Waals surface area contributed by atoms with Crippen LogP contribution >= 0.6 is 11.6 Å². The van der Waals surface area contributed by atoms with Gasteiger partial charge < -0.3 is 10.2 Å². The van der Waals surface area contributed by atoms with Gasteiger partial charge in [0.05, 0.1) is 0 Å². The molecule has 4 aliphatic rings. The first kappa shape index (κ1) is 23.4. The third-order valence-electron chi connectivity index (χ3n) is 10.6. The maximum Gasteiger partial charge on any atom is 0.161 e. The number of benzene rings is 1. The van der Waals surface area contributed by atoms with E-state index in [4.69, 9.17) is 11.6 Å². The summed E-state index contributed by atoms with van der Waals surface area (Å²) in [7, 11) is 0. The van der Waals surface area contributed by atoms with Gasteiger partial charge in [-0.05, 0) is 117 Å². The lowest BCUT2D eigenvalue weighted by Crippen LogP contribution is -2.56. The van der Waals surface area contributed by atoms with Crippen LogP contribution in [-0.2, 0) is 4.79 Å². The lowest BCUT2D eigenvalue weighted by atomic mass is 9.44. The largest absolute Gasteiger partial charge is 0.389 e. The molecule has 0 heterocycles. The lowest BCUT2D eigenvalue weighted by Gasteiger charge is -2.61. The van der Waals surface area contributed by atoms with Crippen molar-refractivity contribution in [3.8, 4) is 11.8 Å². The molecule has 4 heteroatoms. The Kier molecular flexibility index (Phi) is 5.96. The molecule has 33 heavy (non-hydrogen) atoms. The van der Waals surface area contributed by atoms with E-state index in [0.29, 0.717) is 28.7 Å². The Labute approximate surface area is 203 Å². The summed E-state index contributed by atoms with van der Waals surface area (Å²) in [6.07, 6.45) is 9.22. The van der Waals surface area contributed by atoms with Crippen molar-refractivity contribution in [2.45, 2.75) is 77.2 Å². The standard InChI is InChI=1S/C29H37ClO3/c1-27-15-16-29(33,14-11-19-3-6-21(30)7-4-19)17-20(27)5-8-22-23-9-10-25(26(32)18-31)28(23,2)13-12-24(22)27/h3-4,6-7,20,22-25,31,33H,5,8-10,12-13,15-18H2,1-2H3/t20-,22+,23+,24+,25-,27+,28+,29-/m1/s1. The number of aliphatic hydroxyl groups excluding tert-OH is 1. The van der Waals surface area contributed by atoms with Gasteiger partial charge in [0.25, 0.3) is 0 Å². The lowest BCUT2D eigenvalue weighted by molar-refractivity contribution is -0.146. The average molecular weight is 469 g/mol. The van der Waals surface area contributed by atoms with Gasteiger partial charge in [-0.2, -0.15) is 0 Å². The first-order valence-corrected chi connectivity index (χ1v) is 13.2. The summed E-state index contributed by atoms with van der Waals surface area (Å²) in [6, 6.07) is 7.50. The second-order valence-corrected chi connectivity index (χ2v) is 12.4. The quantitative estimate of drug-likeness (QED) is 0.552. The number of hydrogen-bond donors (Lipinski definition) is 2. The van der Waals surface area contributed by atoms with E-state index in [9.17, 15) is 15.0 Å². The molecule has 0 amide bonds. The fourth-order valence-corrected chi connectivity index (χ4v) is 8.85.